The van der Waals surface area contributed by atoms with Crippen molar-refractivity contribution in [3.8, 4) is 5.75 Å². The van der Waals surface area contributed by atoms with E-state index < -0.39 is 23.4 Å². The largest absolute Gasteiger partial charge is 0.505 e. The van der Waals surface area contributed by atoms with Gasteiger partial charge in [0.15, 0.2) is 5.75 Å². The summed E-state index contributed by atoms with van der Waals surface area (Å²) in [7, 11) is 1.17. The number of hydrogen-bond donors (Lipinski definition) is 2. The van der Waals surface area contributed by atoms with Crippen molar-refractivity contribution in [2.75, 3.05) is 12.4 Å². The third kappa shape index (κ3) is 3.00. The van der Waals surface area contributed by atoms with Gasteiger partial charge in [-0.3, -0.25) is 4.79 Å². The lowest BCUT2D eigenvalue weighted by molar-refractivity contribution is 0.0597. The molecule has 0 heterocycles. The first-order chi connectivity index (χ1) is 10.0. The third-order valence-corrected chi connectivity index (χ3v) is 2.81. The summed E-state index contributed by atoms with van der Waals surface area (Å²) in [6, 6.07) is 9.64. The molecule has 0 unspecified atom stereocenters. The molecule has 0 saturated heterocycles. The van der Waals surface area contributed by atoms with E-state index in [4.69, 9.17) is 0 Å². The van der Waals surface area contributed by atoms with Gasteiger partial charge in [0.25, 0.3) is 5.91 Å². The quantitative estimate of drug-likeness (QED) is 0.672. The van der Waals surface area contributed by atoms with Crippen LogP contribution >= 0.6 is 0 Å². The lowest BCUT2D eigenvalue weighted by Crippen LogP contribution is -2.14. The number of phenolic OH excluding ortho intramolecular Hbond substituents is 1. The van der Waals surface area contributed by atoms with Gasteiger partial charge in [-0.15, -0.1) is 0 Å². The minimum atomic E-state index is -0.741. The standard InChI is InChI=1S/C15H12FNO4/c1-21-15(20)10-6-4-8-12(13(10)18)17-14(19)9-5-2-3-7-11(9)16/h2-8,18H,1H3,(H,17,19). The van der Waals surface area contributed by atoms with E-state index in [1.807, 2.05) is 0 Å². The Morgan fingerprint density at radius 2 is 1.76 bits per heavy atom. The van der Waals surface area contributed by atoms with Crippen molar-refractivity contribution in [2.24, 2.45) is 0 Å². The van der Waals surface area contributed by atoms with Gasteiger partial charge in [-0.05, 0) is 24.3 Å². The number of para-hydroxylation sites is 1. The molecule has 0 atom stereocenters. The molecule has 2 aromatic rings. The number of phenols is 1. The minimum absolute atomic E-state index is 0.00819. The molecule has 0 bridgehead atoms. The second-order valence-corrected chi connectivity index (χ2v) is 4.13. The Kier molecular flexibility index (Phi) is 4.18. The van der Waals surface area contributed by atoms with Crippen LogP contribution in [-0.2, 0) is 4.74 Å². The van der Waals surface area contributed by atoms with Crippen LogP contribution in [0.15, 0.2) is 42.5 Å². The topological polar surface area (TPSA) is 75.6 Å². The fraction of sp³-hybridized carbons (Fsp3) is 0.0667. The number of benzene rings is 2. The predicted octanol–water partition coefficient (Wildman–Crippen LogP) is 2.57. The molecule has 0 aromatic heterocycles. The first kappa shape index (κ1) is 14.5. The monoisotopic (exact) mass is 289 g/mol. The van der Waals surface area contributed by atoms with Gasteiger partial charge in [-0.25, -0.2) is 9.18 Å². The molecule has 21 heavy (non-hydrogen) atoms. The van der Waals surface area contributed by atoms with E-state index >= 15 is 0 Å². The molecule has 0 aliphatic rings. The van der Waals surface area contributed by atoms with Crippen molar-refractivity contribution in [1.29, 1.82) is 0 Å². The first-order valence-electron chi connectivity index (χ1n) is 6.00. The fourth-order valence-corrected chi connectivity index (χ4v) is 1.75. The Morgan fingerprint density at radius 3 is 2.43 bits per heavy atom. The Bertz CT molecular complexity index is 700. The molecule has 0 saturated carbocycles. The lowest BCUT2D eigenvalue weighted by atomic mass is 10.1. The van der Waals surface area contributed by atoms with Crippen molar-refractivity contribution in [3.05, 3.63) is 59.4 Å². The number of esters is 1. The van der Waals surface area contributed by atoms with Gasteiger partial charge < -0.3 is 15.2 Å². The van der Waals surface area contributed by atoms with Crippen LogP contribution in [0.5, 0.6) is 5.75 Å². The van der Waals surface area contributed by atoms with Crippen molar-refractivity contribution in [3.63, 3.8) is 0 Å². The number of aromatic hydroxyl groups is 1. The van der Waals surface area contributed by atoms with E-state index in [2.05, 4.69) is 10.1 Å². The predicted molar refractivity (Wildman–Crippen MR) is 73.8 cm³/mol. The minimum Gasteiger partial charge on any atom is -0.505 e. The molecular formula is C15H12FNO4. The molecule has 1 amide bonds. The van der Waals surface area contributed by atoms with Crippen LogP contribution in [0, 0.1) is 5.82 Å². The maximum atomic E-state index is 13.5. The van der Waals surface area contributed by atoms with Crippen LogP contribution in [0.3, 0.4) is 0 Å². The Labute approximate surface area is 120 Å². The summed E-state index contributed by atoms with van der Waals surface area (Å²) in [6.45, 7) is 0. The van der Waals surface area contributed by atoms with Gasteiger partial charge in [0, 0.05) is 0 Å². The molecule has 5 nitrogen and oxygen atoms in total. The Morgan fingerprint density at radius 1 is 1.10 bits per heavy atom. The van der Waals surface area contributed by atoms with Gasteiger partial charge in [-0.2, -0.15) is 0 Å². The van der Waals surface area contributed by atoms with Gasteiger partial charge >= 0.3 is 5.97 Å². The highest BCUT2D eigenvalue weighted by atomic mass is 19.1. The van der Waals surface area contributed by atoms with E-state index in [9.17, 15) is 19.1 Å². The van der Waals surface area contributed by atoms with Crippen LogP contribution in [0.2, 0.25) is 0 Å². The van der Waals surface area contributed by atoms with Gasteiger partial charge in [0.1, 0.15) is 11.4 Å². The van der Waals surface area contributed by atoms with E-state index in [-0.39, 0.29) is 16.8 Å². The number of amides is 1. The molecule has 0 fully saturated rings. The van der Waals surface area contributed by atoms with Crippen LogP contribution < -0.4 is 5.32 Å². The zero-order chi connectivity index (χ0) is 15.4. The molecular weight excluding hydrogens is 277 g/mol. The summed E-state index contributed by atoms with van der Waals surface area (Å²) in [5.41, 5.74) is -0.268. The van der Waals surface area contributed by atoms with Crippen molar-refractivity contribution in [1.82, 2.24) is 0 Å². The fourth-order valence-electron chi connectivity index (χ4n) is 1.75. The normalized spacial score (nSPS) is 10.0. The number of rotatable bonds is 3. The number of nitrogens with one attached hydrogen (secondary N) is 1. The van der Waals surface area contributed by atoms with Crippen LogP contribution in [0.4, 0.5) is 10.1 Å². The Balaban J connectivity index is 2.30. The second kappa shape index (κ2) is 6.04. The van der Waals surface area contributed by atoms with E-state index in [1.54, 1.807) is 0 Å². The summed E-state index contributed by atoms with van der Waals surface area (Å²) in [5.74, 6) is -2.59. The van der Waals surface area contributed by atoms with Crippen molar-refractivity contribution in [2.45, 2.75) is 0 Å². The molecule has 0 radical (unpaired) electrons. The van der Waals surface area contributed by atoms with Crippen LogP contribution in [0.25, 0.3) is 0 Å². The van der Waals surface area contributed by atoms with E-state index in [0.29, 0.717) is 0 Å². The highest BCUT2D eigenvalue weighted by Crippen LogP contribution is 2.28. The second-order valence-electron chi connectivity index (χ2n) is 4.13. The molecule has 2 aromatic carbocycles. The van der Waals surface area contributed by atoms with E-state index in [1.165, 1.54) is 43.5 Å². The molecule has 0 aliphatic carbocycles. The first-order valence-corrected chi connectivity index (χ1v) is 6.00. The number of methoxy groups -OCH3 is 1. The summed E-state index contributed by atoms with van der Waals surface area (Å²) in [6.07, 6.45) is 0. The molecule has 6 heteroatoms. The average Bonchev–Trinajstić information content (AvgIpc) is 2.49. The molecule has 0 aliphatic heterocycles. The van der Waals surface area contributed by atoms with Crippen LogP contribution in [-0.4, -0.2) is 24.1 Å². The van der Waals surface area contributed by atoms with Gasteiger partial charge in [-0.1, -0.05) is 18.2 Å². The molecule has 2 N–H and O–H groups in total. The smallest absolute Gasteiger partial charge is 0.341 e. The zero-order valence-corrected chi connectivity index (χ0v) is 11.1. The number of carbonyl (C=O) groups is 2. The van der Waals surface area contributed by atoms with Crippen molar-refractivity contribution >= 4 is 17.6 Å². The number of halogens is 1. The number of anilines is 1. The highest BCUT2D eigenvalue weighted by molar-refractivity contribution is 6.06. The summed E-state index contributed by atoms with van der Waals surface area (Å²) < 4.78 is 18.0. The van der Waals surface area contributed by atoms with Crippen molar-refractivity contribution < 1.29 is 23.8 Å². The average molecular weight is 289 g/mol. The molecule has 0 spiro atoms. The zero-order valence-electron chi connectivity index (χ0n) is 11.1. The van der Waals surface area contributed by atoms with E-state index in [0.717, 1.165) is 6.07 Å². The van der Waals surface area contributed by atoms with Crippen LogP contribution in [0.1, 0.15) is 20.7 Å². The summed E-state index contributed by atoms with van der Waals surface area (Å²) in [5, 5.41) is 12.3. The number of carbonyl (C=O) groups excluding carboxylic acids is 2. The molecule has 108 valence electrons. The number of hydrogen-bond acceptors (Lipinski definition) is 4. The van der Waals surface area contributed by atoms with Gasteiger partial charge in [0.2, 0.25) is 0 Å². The number of ether oxygens (including phenoxy) is 1. The Hall–Kier alpha value is -2.89. The summed E-state index contributed by atoms with van der Waals surface area (Å²) in [4.78, 5) is 23.4. The van der Waals surface area contributed by atoms with Gasteiger partial charge in [0.05, 0.1) is 18.4 Å². The summed E-state index contributed by atoms with van der Waals surface area (Å²) >= 11 is 0. The third-order valence-electron chi connectivity index (χ3n) is 2.81. The molecule has 2 rings (SSSR count). The maximum absolute atomic E-state index is 13.5. The lowest BCUT2D eigenvalue weighted by Gasteiger charge is -2.10. The maximum Gasteiger partial charge on any atom is 0.341 e. The SMILES string of the molecule is COC(=O)c1cccc(NC(=O)c2ccccc2F)c1O. The highest BCUT2D eigenvalue weighted by Gasteiger charge is 2.17.